The van der Waals surface area contributed by atoms with Crippen molar-refractivity contribution in [3.05, 3.63) is 0 Å². The van der Waals surface area contributed by atoms with E-state index in [0.717, 1.165) is 0 Å². The molecule has 3 fully saturated rings. The Morgan fingerprint density at radius 3 is 2.53 bits per heavy atom. The average molecular weight is 244 g/mol. The van der Waals surface area contributed by atoms with E-state index in [0.29, 0.717) is 12.8 Å². The topological polar surface area (TPSA) is 38.3 Å². The number of piperidine rings is 1. The number of ether oxygens (including phenoxy) is 1. The number of fused-ring (bicyclic) bond motifs is 2. The van der Waals surface area contributed by atoms with Gasteiger partial charge in [-0.15, -0.1) is 11.6 Å². The first-order chi connectivity index (χ1) is 6.81. The molecule has 7 heteroatoms. The second-order valence-electron chi connectivity index (χ2n) is 3.96. The zero-order valence-corrected chi connectivity index (χ0v) is 8.36. The van der Waals surface area contributed by atoms with Crippen molar-refractivity contribution in [2.24, 2.45) is 0 Å². The van der Waals surface area contributed by atoms with Crippen molar-refractivity contribution < 1.29 is 22.7 Å². The minimum absolute atomic E-state index is 0.0716. The van der Waals surface area contributed by atoms with Crippen LogP contribution in [0.5, 0.6) is 0 Å². The molecule has 3 rings (SSSR count). The van der Waals surface area contributed by atoms with Gasteiger partial charge in [-0.25, -0.2) is 4.79 Å². The highest BCUT2D eigenvalue weighted by molar-refractivity contribution is 6.20. The molecule has 1 saturated carbocycles. The first-order valence-electron chi connectivity index (χ1n) is 4.53. The van der Waals surface area contributed by atoms with Crippen LogP contribution in [0.25, 0.3) is 0 Å². The van der Waals surface area contributed by atoms with Crippen molar-refractivity contribution >= 4 is 17.6 Å². The van der Waals surface area contributed by atoms with Crippen LogP contribution in [0.15, 0.2) is 0 Å². The van der Waals surface area contributed by atoms with Crippen molar-refractivity contribution in [3.8, 4) is 0 Å². The summed E-state index contributed by atoms with van der Waals surface area (Å²) >= 11 is 5.82. The highest BCUT2D eigenvalue weighted by Crippen LogP contribution is 2.42. The number of hydrogen-bond acceptors (Lipinski definition) is 3. The number of carbonyl (C=O) groups excluding carboxylic acids is 1. The van der Waals surface area contributed by atoms with Gasteiger partial charge in [0.15, 0.2) is 5.72 Å². The van der Waals surface area contributed by atoms with E-state index in [-0.39, 0.29) is 17.8 Å². The van der Waals surface area contributed by atoms with Crippen molar-refractivity contribution in [2.75, 3.05) is 0 Å². The first-order valence-corrected chi connectivity index (χ1v) is 4.96. The molecule has 2 aliphatic heterocycles. The van der Waals surface area contributed by atoms with Gasteiger partial charge in [-0.05, 0) is 6.42 Å². The summed E-state index contributed by atoms with van der Waals surface area (Å²) in [7, 11) is 0. The number of alkyl halides is 4. The summed E-state index contributed by atoms with van der Waals surface area (Å²) in [6.07, 6.45) is -3.60. The summed E-state index contributed by atoms with van der Waals surface area (Å²) in [6, 6.07) is 0.0716. The molecule has 1 aliphatic carbocycles. The summed E-state index contributed by atoms with van der Waals surface area (Å²) in [5.41, 5.74) is -1.18. The van der Waals surface area contributed by atoms with Gasteiger partial charge < -0.3 is 4.74 Å². The Labute approximate surface area is 88.9 Å². The predicted octanol–water partition coefficient (Wildman–Crippen LogP) is 1.55. The number of rotatable bonds is 1. The molecule has 0 radical (unpaired) electrons. The van der Waals surface area contributed by atoms with E-state index in [9.17, 15) is 18.0 Å². The molecule has 3 unspecified atom stereocenters. The molecule has 3 aliphatic rings. The zero-order valence-electron chi connectivity index (χ0n) is 7.60. The molecule has 3 nitrogen and oxygen atoms in total. The molecule has 0 aromatic heterocycles. The molecule has 86 valence electrons. The van der Waals surface area contributed by atoms with E-state index < -0.39 is 17.9 Å². The Balaban J connectivity index is 1.98. The number of esters is 1. The molecule has 2 heterocycles. The second-order valence-corrected chi connectivity index (χ2v) is 4.58. The van der Waals surface area contributed by atoms with Crippen molar-refractivity contribution in [1.29, 1.82) is 0 Å². The predicted molar refractivity (Wildman–Crippen MR) is 45.3 cm³/mol. The summed E-state index contributed by atoms with van der Waals surface area (Å²) in [5.74, 6) is -2.15. The van der Waals surface area contributed by atoms with Gasteiger partial charge in [0.05, 0.1) is 0 Å². The van der Waals surface area contributed by atoms with Gasteiger partial charge >= 0.3 is 12.1 Å². The highest BCUT2D eigenvalue weighted by Gasteiger charge is 2.56. The third kappa shape index (κ3) is 2.06. The number of carbonyl (C=O) groups is 1. The largest absolute Gasteiger partial charge is 0.490 e. The van der Waals surface area contributed by atoms with E-state index in [2.05, 4.69) is 10.1 Å². The van der Waals surface area contributed by atoms with Gasteiger partial charge in [-0.2, -0.15) is 13.2 Å². The smallest absolute Gasteiger partial charge is 0.437 e. The quantitative estimate of drug-likeness (QED) is 0.561. The minimum atomic E-state index is -4.94. The fraction of sp³-hybridized carbons (Fsp3) is 0.875. The third-order valence-electron chi connectivity index (χ3n) is 2.65. The lowest BCUT2D eigenvalue weighted by molar-refractivity contribution is -0.233. The molecule has 1 N–H and O–H groups in total. The molecule has 0 spiro atoms. The number of hydrogen-bond donors (Lipinski definition) is 1. The van der Waals surface area contributed by atoms with Gasteiger partial charge in [-0.3, -0.25) is 5.32 Å². The standard InChI is InChI=1S/C8H9ClF3NO2/c9-4-1-5-3-7(2-4,13-5)15-6(14)8(10,11)12/h4-5,13H,1-3H2. The minimum Gasteiger partial charge on any atom is -0.437 e. The Hall–Kier alpha value is -0.490. The van der Waals surface area contributed by atoms with Crippen LogP contribution in [0, 0.1) is 0 Å². The fourth-order valence-electron chi connectivity index (χ4n) is 2.13. The molecule has 15 heavy (non-hydrogen) atoms. The Bertz CT molecular complexity index is 288. The van der Waals surface area contributed by atoms with Gasteiger partial charge in [0.2, 0.25) is 0 Å². The Morgan fingerprint density at radius 2 is 2.07 bits per heavy atom. The zero-order chi connectivity index (χ0) is 11.3. The SMILES string of the molecule is O=C(OC12CC(Cl)CC(C1)N2)C(F)(F)F. The van der Waals surface area contributed by atoms with Crippen molar-refractivity contribution in [2.45, 2.75) is 42.6 Å². The van der Waals surface area contributed by atoms with Gasteiger partial charge in [0, 0.05) is 24.3 Å². The molecular weight excluding hydrogens is 235 g/mol. The molecular formula is C8H9ClF3NO2. The van der Waals surface area contributed by atoms with E-state index in [1.54, 1.807) is 0 Å². The van der Waals surface area contributed by atoms with Crippen LogP contribution in [0.2, 0.25) is 0 Å². The summed E-state index contributed by atoms with van der Waals surface area (Å²) in [5, 5.41) is 2.57. The lowest BCUT2D eigenvalue weighted by Crippen LogP contribution is -2.70. The van der Waals surface area contributed by atoms with Gasteiger partial charge in [0.1, 0.15) is 0 Å². The summed E-state index contributed by atoms with van der Waals surface area (Å²) < 4.78 is 40.3. The van der Waals surface area contributed by atoms with Crippen LogP contribution in [0.3, 0.4) is 0 Å². The Morgan fingerprint density at radius 1 is 1.47 bits per heavy atom. The van der Waals surface area contributed by atoms with E-state index in [1.165, 1.54) is 0 Å². The van der Waals surface area contributed by atoms with E-state index in [1.807, 2.05) is 0 Å². The maximum absolute atomic E-state index is 12.0. The van der Waals surface area contributed by atoms with Gasteiger partial charge in [-0.1, -0.05) is 0 Å². The van der Waals surface area contributed by atoms with E-state index in [4.69, 9.17) is 11.6 Å². The van der Waals surface area contributed by atoms with E-state index >= 15 is 0 Å². The third-order valence-corrected chi connectivity index (χ3v) is 2.99. The summed E-state index contributed by atoms with van der Waals surface area (Å²) in [6.45, 7) is 0. The molecule has 0 aromatic carbocycles. The lowest BCUT2D eigenvalue weighted by Gasteiger charge is -2.53. The lowest BCUT2D eigenvalue weighted by atomic mass is 9.79. The van der Waals surface area contributed by atoms with Crippen LogP contribution in [-0.4, -0.2) is 29.3 Å². The van der Waals surface area contributed by atoms with Crippen LogP contribution >= 0.6 is 11.6 Å². The van der Waals surface area contributed by atoms with Crippen LogP contribution in [-0.2, 0) is 9.53 Å². The number of halogens is 4. The van der Waals surface area contributed by atoms with Crippen LogP contribution < -0.4 is 5.32 Å². The maximum Gasteiger partial charge on any atom is 0.490 e. The molecule has 0 amide bonds. The average Bonchev–Trinajstić information content (AvgIpc) is 1.98. The van der Waals surface area contributed by atoms with Crippen LogP contribution in [0.1, 0.15) is 19.3 Å². The molecule has 0 aromatic rings. The second kappa shape index (κ2) is 3.25. The molecule has 2 saturated heterocycles. The van der Waals surface area contributed by atoms with Crippen molar-refractivity contribution in [1.82, 2.24) is 5.32 Å². The molecule has 2 bridgehead atoms. The Kier molecular flexibility index (Phi) is 2.38. The highest BCUT2D eigenvalue weighted by atomic mass is 35.5. The first kappa shape index (κ1) is 11.0. The monoisotopic (exact) mass is 243 g/mol. The van der Waals surface area contributed by atoms with Crippen LogP contribution in [0.4, 0.5) is 13.2 Å². The molecule has 3 atom stereocenters. The maximum atomic E-state index is 12.0. The van der Waals surface area contributed by atoms with Gasteiger partial charge in [0.25, 0.3) is 0 Å². The summed E-state index contributed by atoms with van der Waals surface area (Å²) in [4.78, 5) is 10.6. The van der Waals surface area contributed by atoms with Crippen molar-refractivity contribution in [3.63, 3.8) is 0 Å². The fourth-order valence-corrected chi connectivity index (χ4v) is 2.60. The number of nitrogens with one attached hydrogen (secondary N) is 1. The normalized spacial score (nSPS) is 39.5.